The van der Waals surface area contributed by atoms with Gasteiger partial charge in [0.1, 0.15) is 0 Å². The van der Waals surface area contributed by atoms with Crippen LogP contribution < -0.4 is 4.74 Å². The SMILES string of the molecule is Cc1cccc2c1c(Oc1c(Cl)cccc1Cl)nn2-c1ccc(C(=O)O)cc1. The maximum Gasteiger partial charge on any atom is 0.335 e. The lowest BCUT2D eigenvalue weighted by atomic mass is 10.1. The van der Waals surface area contributed by atoms with Gasteiger partial charge in [-0.3, -0.25) is 0 Å². The van der Waals surface area contributed by atoms with Gasteiger partial charge in [0.05, 0.1) is 32.2 Å². The van der Waals surface area contributed by atoms with Crippen LogP contribution in [0.4, 0.5) is 0 Å². The molecule has 28 heavy (non-hydrogen) atoms. The van der Waals surface area contributed by atoms with Crippen molar-refractivity contribution in [3.63, 3.8) is 0 Å². The van der Waals surface area contributed by atoms with E-state index in [1.54, 1.807) is 35.0 Å². The molecule has 0 bridgehead atoms. The van der Waals surface area contributed by atoms with Gasteiger partial charge in [0, 0.05) is 0 Å². The van der Waals surface area contributed by atoms with E-state index in [0.717, 1.165) is 16.5 Å². The number of rotatable bonds is 4. The van der Waals surface area contributed by atoms with E-state index >= 15 is 0 Å². The molecule has 7 heteroatoms. The number of carboxylic acids is 1. The zero-order chi connectivity index (χ0) is 19.8. The van der Waals surface area contributed by atoms with Crippen molar-refractivity contribution in [1.29, 1.82) is 0 Å². The highest BCUT2D eigenvalue weighted by Gasteiger charge is 2.18. The van der Waals surface area contributed by atoms with Crippen molar-refractivity contribution in [2.75, 3.05) is 0 Å². The predicted octanol–water partition coefficient (Wildman–Crippen LogP) is 6.13. The van der Waals surface area contributed by atoms with Gasteiger partial charge >= 0.3 is 5.97 Å². The number of aromatic carboxylic acids is 1. The van der Waals surface area contributed by atoms with Gasteiger partial charge in [0.25, 0.3) is 0 Å². The molecule has 4 rings (SSSR count). The second-order valence-corrected chi connectivity index (χ2v) is 7.01. The molecule has 1 heterocycles. The number of halogens is 2. The number of nitrogens with zero attached hydrogens (tertiary/aromatic N) is 2. The van der Waals surface area contributed by atoms with Crippen LogP contribution in [-0.2, 0) is 0 Å². The Hall–Kier alpha value is -3.02. The van der Waals surface area contributed by atoms with Crippen LogP contribution >= 0.6 is 23.2 Å². The number of para-hydroxylation sites is 1. The monoisotopic (exact) mass is 412 g/mol. The zero-order valence-corrected chi connectivity index (χ0v) is 16.2. The summed E-state index contributed by atoms with van der Waals surface area (Å²) in [5.74, 6) is -0.280. The maximum absolute atomic E-state index is 11.1. The minimum atomic E-state index is -0.981. The molecule has 1 aromatic heterocycles. The average Bonchev–Trinajstić information content (AvgIpc) is 3.05. The molecule has 3 aromatic carbocycles. The lowest BCUT2D eigenvalue weighted by molar-refractivity contribution is 0.0697. The van der Waals surface area contributed by atoms with Crippen molar-refractivity contribution >= 4 is 40.1 Å². The van der Waals surface area contributed by atoms with Gasteiger partial charge in [0.2, 0.25) is 5.88 Å². The van der Waals surface area contributed by atoms with Gasteiger partial charge in [-0.2, -0.15) is 0 Å². The topological polar surface area (TPSA) is 64.4 Å². The lowest BCUT2D eigenvalue weighted by Gasteiger charge is -2.07. The first kappa shape index (κ1) is 18.3. The van der Waals surface area contributed by atoms with Gasteiger partial charge in [-0.15, -0.1) is 5.10 Å². The number of hydrogen-bond acceptors (Lipinski definition) is 3. The molecule has 0 radical (unpaired) electrons. The Morgan fingerprint density at radius 2 is 1.64 bits per heavy atom. The molecule has 0 unspecified atom stereocenters. The lowest BCUT2D eigenvalue weighted by Crippen LogP contribution is -2.00. The summed E-state index contributed by atoms with van der Waals surface area (Å²) in [6.45, 7) is 1.96. The molecule has 4 aromatic rings. The van der Waals surface area contributed by atoms with E-state index in [1.165, 1.54) is 12.1 Å². The standard InChI is InChI=1S/C21H14Cl2N2O3/c1-12-4-2-7-17-18(12)20(28-19-15(22)5-3-6-16(19)23)24-25(17)14-10-8-13(9-11-14)21(26)27/h2-11H,1H3,(H,26,27). The molecule has 0 aliphatic heterocycles. The molecule has 0 spiro atoms. The summed E-state index contributed by atoms with van der Waals surface area (Å²) in [6, 6.07) is 17.4. The second kappa shape index (κ2) is 7.19. The molecule has 0 saturated carbocycles. The first-order chi connectivity index (χ1) is 13.5. The van der Waals surface area contributed by atoms with Crippen LogP contribution in [0, 0.1) is 6.92 Å². The largest absolute Gasteiger partial charge is 0.478 e. The molecule has 5 nitrogen and oxygen atoms in total. The Balaban J connectivity index is 1.88. The number of ether oxygens (including phenoxy) is 1. The summed E-state index contributed by atoms with van der Waals surface area (Å²) < 4.78 is 7.71. The molecule has 0 aliphatic carbocycles. The van der Waals surface area contributed by atoms with E-state index in [0.29, 0.717) is 27.4 Å². The average molecular weight is 413 g/mol. The highest BCUT2D eigenvalue weighted by atomic mass is 35.5. The van der Waals surface area contributed by atoms with Crippen LogP contribution in [0.2, 0.25) is 10.0 Å². The summed E-state index contributed by atoms with van der Waals surface area (Å²) in [5, 5.41) is 15.3. The fraction of sp³-hybridized carbons (Fsp3) is 0.0476. The zero-order valence-electron chi connectivity index (χ0n) is 14.7. The highest BCUT2D eigenvalue weighted by molar-refractivity contribution is 6.37. The number of carboxylic acid groups (broad SMARTS) is 1. The number of fused-ring (bicyclic) bond motifs is 1. The van der Waals surface area contributed by atoms with Gasteiger partial charge in [-0.25, -0.2) is 9.48 Å². The second-order valence-electron chi connectivity index (χ2n) is 6.19. The molecule has 0 atom stereocenters. The fourth-order valence-corrected chi connectivity index (χ4v) is 3.47. The Morgan fingerprint density at radius 1 is 1.00 bits per heavy atom. The van der Waals surface area contributed by atoms with Crippen LogP contribution in [-0.4, -0.2) is 20.9 Å². The first-order valence-corrected chi connectivity index (χ1v) is 9.15. The third-order valence-electron chi connectivity index (χ3n) is 4.36. The number of benzene rings is 3. The molecule has 0 amide bonds. The quantitative estimate of drug-likeness (QED) is 0.437. The van der Waals surface area contributed by atoms with Crippen molar-refractivity contribution in [3.8, 4) is 17.3 Å². The summed E-state index contributed by atoms with van der Waals surface area (Å²) >= 11 is 12.5. The number of carbonyl (C=O) groups is 1. The van der Waals surface area contributed by atoms with Crippen molar-refractivity contribution in [2.45, 2.75) is 6.92 Å². The summed E-state index contributed by atoms with van der Waals surface area (Å²) in [7, 11) is 0. The fourth-order valence-electron chi connectivity index (χ4n) is 2.99. The van der Waals surface area contributed by atoms with Crippen molar-refractivity contribution < 1.29 is 14.6 Å². The van der Waals surface area contributed by atoms with Crippen molar-refractivity contribution in [2.24, 2.45) is 0 Å². The minimum Gasteiger partial charge on any atom is -0.478 e. The van der Waals surface area contributed by atoms with E-state index in [4.69, 9.17) is 33.0 Å². The van der Waals surface area contributed by atoms with E-state index in [-0.39, 0.29) is 5.56 Å². The van der Waals surface area contributed by atoms with Crippen LogP contribution in [0.1, 0.15) is 15.9 Å². The predicted molar refractivity (Wildman–Crippen MR) is 109 cm³/mol. The molecule has 0 aliphatic rings. The van der Waals surface area contributed by atoms with E-state index in [1.807, 2.05) is 25.1 Å². The van der Waals surface area contributed by atoms with E-state index in [2.05, 4.69) is 5.10 Å². The van der Waals surface area contributed by atoms with Gasteiger partial charge < -0.3 is 9.84 Å². The molecule has 0 fully saturated rings. The van der Waals surface area contributed by atoms with E-state index in [9.17, 15) is 4.79 Å². The number of hydrogen-bond donors (Lipinski definition) is 1. The molecular formula is C21H14Cl2N2O3. The Labute approximate surface area is 170 Å². The normalized spacial score (nSPS) is 11.0. The highest BCUT2D eigenvalue weighted by Crippen LogP contribution is 2.39. The Morgan fingerprint density at radius 3 is 2.29 bits per heavy atom. The van der Waals surface area contributed by atoms with Crippen molar-refractivity contribution in [1.82, 2.24) is 9.78 Å². The van der Waals surface area contributed by atoms with Crippen LogP contribution in [0.3, 0.4) is 0 Å². The smallest absolute Gasteiger partial charge is 0.335 e. The summed E-state index contributed by atoms with van der Waals surface area (Å²) in [6.07, 6.45) is 0. The molecular weight excluding hydrogens is 399 g/mol. The van der Waals surface area contributed by atoms with Crippen molar-refractivity contribution in [3.05, 3.63) is 81.8 Å². The van der Waals surface area contributed by atoms with E-state index < -0.39 is 5.97 Å². The molecule has 140 valence electrons. The maximum atomic E-state index is 11.1. The van der Waals surface area contributed by atoms with Gasteiger partial charge in [-0.1, -0.05) is 41.4 Å². The van der Waals surface area contributed by atoms with Crippen LogP contribution in [0.5, 0.6) is 11.6 Å². The Kier molecular flexibility index (Phi) is 4.71. The summed E-state index contributed by atoms with van der Waals surface area (Å²) in [5.41, 5.74) is 2.71. The Bertz CT molecular complexity index is 1180. The number of aryl methyl sites for hydroxylation is 1. The third-order valence-corrected chi connectivity index (χ3v) is 4.96. The minimum absolute atomic E-state index is 0.204. The van der Waals surface area contributed by atoms with Crippen LogP contribution in [0.25, 0.3) is 16.6 Å². The number of aromatic nitrogens is 2. The van der Waals surface area contributed by atoms with Crippen LogP contribution in [0.15, 0.2) is 60.7 Å². The molecule has 0 saturated heterocycles. The van der Waals surface area contributed by atoms with Gasteiger partial charge in [0.15, 0.2) is 5.75 Å². The molecule has 1 N–H and O–H groups in total. The first-order valence-electron chi connectivity index (χ1n) is 8.39. The summed E-state index contributed by atoms with van der Waals surface area (Å²) in [4.78, 5) is 11.1. The van der Waals surface area contributed by atoms with Gasteiger partial charge in [-0.05, 0) is 55.0 Å². The third kappa shape index (κ3) is 3.19.